The van der Waals surface area contributed by atoms with Crippen molar-refractivity contribution in [1.29, 1.82) is 0 Å². The minimum Gasteiger partial charge on any atom is -0.462 e. The van der Waals surface area contributed by atoms with Crippen molar-refractivity contribution in [1.82, 2.24) is 0 Å². The first-order chi connectivity index (χ1) is 54.7. The first-order valence-corrected chi connectivity index (χ1v) is 45.3. The van der Waals surface area contributed by atoms with Gasteiger partial charge in [-0.15, -0.1) is 0 Å². The lowest BCUT2D eigenvalue weighted by Gasteiger charge is -2.21. The number of carbonyl (C=O) groups is 4. The molecule has 0 bridgehead atoms. The number of hydrogen-bond acceptors (Lipinski definition) is 15. The highest BCUT2D eigenvalue weighted by molar-refractivity contribution is 7.47. The van der Waals surface area contributed by atoms with Gasteiger partial charge in [-0.1, -0.05) is 298 Å². The summed E-state index contributed by atoms with van der Waals surface area (Å²) in [6.07, 6.45) is 104. The van der Waals surface area contributed by atoms with Crippen molar-refractivity contribution in [3.8, 4) is 0 Å². The van der Waals surface area contributed by atoms with Crippen LogP contribution in [-0.2, 0) is 65.4 Å². The topological polar surface area (TPSA) is 237 Å². The van der Waals surface area contributed by atoms with Crippen molar-refractivity contribution in [2.75, 3.05) is 39.6 Å². The lowest BCUT2D eigenvalue weighted by Crippen LogP contribution is -2.30. The van der Waals surface area contributed by atoms with Gasteiger partial charge in [-0.25, -0.2) is 9.13 Å². The second-order valence-corrected chi connectivity index (χ2v) is 30.2. The third-order valence-electron chi connectivity index (χ3n) is 16.7. The van der Waals surface area contributed by atoms with E-state index in [0.717, 1.165) is 193 Å². The van der Waals surface area contributed by atoms with Crippen molar-refractivity contribution >= 4 is 39.5 Å². The molecular weight excluding hydrogens is 1450 g/mol. The predicted molar refractivity (Wildman–Crippen MR) is 463 cm³/mol. The van der Waals surface area contributed by atoms with E-state index in [1.165, 1.54) is 19.3 Å². The first-order valence-electron chi connectivity index (χ1n) is 42.3. The van der Waals surface area contributed by atoms with Crippen molar-refractivity contribution in [2.45, 2.75) is 316 Å². The summed E-state index contributed by atoms with van der Waals surface area (Å²) in [6.45, 7) is 4.34. The molecule has 0 aromatic carbocycles. The molecule has 0 saturated heterocycles. The molecule has 0 radical (unpaired) electrons. The molecule has 0 aliphatic carbocycles. The lowest BCUT2D eigenvalue weighted by atomic mass is 10.1. The normalized spacial score (nSPS) is 14.8. The summed E-state index contributed by atoms with van der Waals surface area (Å²) in [5.74, 6) is -2.36. The summed E-state index contributed by atoms with van der Waals surface area (Å²) in [4.78, 5) is 73.2. The number of unbranched alkanes of at least 4 members (excludes halogenated alkanes) is 17. The molecule has 0 spiro atoms. The quantitative estimate of drug-likeness (QED) is 0.0169. The summed E-state index contributed by atoms with van der Waals surface area (Å²) in [5.41, 5.74) is 0. The molecule has 0 rings (SSSR count). The Bertz CT molecular complexity index is 2940. The van der Waals surface area contributed by atoms with Crippen LogP contribution in [0.25, 0.3) is 0 Å². The fraction of sp³-hybridized carbons (Fsp3) is 0.591. The van der Waals surface area contributed by atoms with Gasteiger partial charge in [-0.2, -0.15) is 0 Å². The molecule has 3 N–H and O–H groups in total. The Morgan fingerprint density at radius 1 is 0.259 bits per heavy atom. The van der Waals surface area contributed by atoms with Crippen molar-refractivity contribution in [3.63, 3.8) is 0 Å². The van der Waals surface area contributed by atoms with E-state index >= 15 is 0 Å². The molecule has 0 aliphatic heterocycles. The van der Waals surface area contributed by atoms with E-state index in [9.17, 15) is 43.2 Å². The second-order valence-electron chi connectivity index (χ2n) is 27.3. The largest absolute Gasteiger partial charge is 0.472 e. The van der Waals surface area contributed by atoms with Crippen LogP contribution in [-0.4, -0.2) is 96.7 Å². The Balaban J connectivity index is 5.53. The fourth-order valence-corrected chi connectivity index (χ4v) is 12.0. The monoisotopic (exact) mass is 1600 g/mol. The molecule has 17 nitrogen and oxygen atoms in total. The molecule has 19 heteroatoms. The van der Waals surface area contributed by atoms with E-state index in [-0.39, 0.29) is 25.7 Å². The number of ether oxygens (including phenoxy) is 4. The molecule has 0 amide bonds. The van der Waals surface area contributed by atoms with Crippen LogP contribution in [0.4, 0.5) is 0 Å². The molecule has 5 atom stereocenters. The zero-order chi connectivity index (χ0) is 81.7. The number of rotatable bonds is 77. The van der Waals surface area contributed by atoms with Crippen LogP contribution in [0.15, 0.2) is 207 Å². The van der Waals surface area contributed by atoms with E-state index in [2.05, 4.69) is 216 Å². The SMILES string of the molecule is CC/C=C\C/C=C\C/C=C\C/C=C\C/C=C\C/C=C\CCC(=O)OCC(COP(=O)(O)OCC(O)COP(=O)(O)OCC(COC(=O)CCCCCCCC/C=C\C/C=C\C/C=C\C/C=C\CC)OC(=O)CCCCCCC/C=C\C/C=C\CCCCC)OC(=O)CCCCC/C=C\C/C=C\C/C=C\C/C=C\C/C=C\CC. The Morgan fingerprint density at radius 2 is 0.482 bits per heavy atom. The summed E-state index contributed by atoms with van der Waals surface area (Å²) in [7, 11) is -10.0. The molecule has 0 fully saturated rings. The van der Waals surface area contributed by atoms with E-state index in [4.69, 9.17) is 37.0 Å². The highest BCUT2D eigenvalue weighted by Crippen LogP contribution is 2.45. The van der Waals surface area contributed by atoms with Crippen LogP contribution in [0.2, 0.25) is 0 Å². The van der Waals surface area contributed by atoms with Crippen LogP contribution in [0.5, 0.6) is 0 Å². The Morgan fingerprint density at radius 3 is 0.777 bits per heavy atom. The van der Waals surface area contributed by atoms with Gasteiger partial charge in [0.05, 0.1) is 26.4 Å². The number of allylic oxidation sites excluding steroid dienone is 34. The minimum absolute atomic E-state index is 0.0196. The Hall–Kier alpha value is -6.36. The van der Waals surface area contributed by atoms with Gasteiger partial charge in [-0.05, 0) is 180 Å². The zero-order valence-corrected chi connectivity index (χ0v) is 71.0. The van der Waals surface area contributed by atoms with Gasteiger partial charge in [0.15, 0.2) is 12.2 Å². The van der Waals surface area contributed by atoms with E-state index in [1.807, 2.05) is 18.2 Å². The van der Waals surface area contributed by atoms with Gasteiger partial charge >= 0.3 is 39.5 Å². The van der Waals surface area contributed by atoms with Gasteiger partial charge < -0.3 is 33.8 Å². The first kappa shape index (κ1) is 106. The number of esters is 4. The maximum absolute atomic E-state index is 13.1. The Labute approximate surface area is 678 Å². The van der Waals surface area contributed by atoms with Gasteiger partial charge in [0.1, 0.15) is 19.3 Å². The third-order valence-corrected chi connectivity index (χ3v) is 18.6. The van der Waals surface area contributed by atoms with Crippen molar-refractivity contribution in [2.24, 2.45) is 0 Å². The van der Waals surface area contributed by atoms with Crippen molar-refractivity contribution in [3.05, 3.63) is 207 Å². The molecule has 0 aliphatic rings. The predicted octanol–water partition coefficient (Wildman–Crippen LogP) is 25.4. The lowest BCUT2D eigenvalue weighted by molar-refractivity contribution is -0.161. The van der Waals surface area contributed by atoms with Crippen LogP contribution in [0.1, 0.15) is 297 Å². The summed E-state index contributed by atoms with van der Waals surface area (Å²) < 4.78 is 68.7. The molecule has 112 heavy (non-hydrogen) atoms. The second kappa shape index (κ2) is 82.6. The highest BCUT2D eigenvalue weighted by Gasteiger charge is 2.30. The van der Waals surface area contributed by atoms with Gasteiger partial charge in [0.25, 0.3) is 0 Å². The van der Waals surface area contributed by atoms with E-state index in [1.54, 1.807) is 0 Å². The average Bonchev–Trinajstić information content (AvgIpc) is 0.898. The number of carbonyl (C=O) groups excluding carboxylic acids is 4. The molecule has 632 valence electrons. The van der Waals surface area contributed by atoms with E-state index < -0.39 is 97.5 Å². The number of hydrogen-bond donors (Lipinski definition) is 3. The molecular formula is C93H148O17P2. The van der Waals surface area contributed by atoms with Crippen LogP contribution in [0.3, 0.4) is 0 Å². The number of phosphoric acid groups is 2. The number of phosphoric ester groups is 2. The maximum atomic E-state index is 13.1. The van der Waals surface area contributed by atoms with E-state index in [0.29, 0.717) is 32.1 Å². The standard InChI is InChI=1S/C93H148O17P2/c1-5-9-13-17-21-25-29-33-37-40-43-46-50-53-57-61-65-69-73-77-90(95)103-83-88(109-92(97)79-75-71-67-63-59-55-49-36-32-28-24-20-16-12-8-4)85-107-111(99,100)105-81-87(94)82-106-112(101,102)108-86-89(110-93(98)80-76-72-68-64-60-56-52-48-45-42-39-35-31-27-23-19-15-11-7-3)84-104-91(96)78-74-70-66-62-58-54-51-47-44-41-38-34-30-26-22-18-14-10-6-2/h9-11,13-15,21-28,33-39,43-49,54,56,58,60,66,70,87-89,94H,5-8,12,16-20,29-32,40-42,50-53,55,57,59,61-65,67-69,71-86H2,1-4H3,(H,99,100)(H,101,102)/b13-9-,14-10-,15-11-,25-21-,26-22-,27-23-,28-24-,37-33-,38-34-,39-35-,46-43-,47-44-,48-45-,49-36-,58-54-,60-56-,70-66-. The smallest absolute Gasteiger partial charge is 0.462 e. The third kappa shape index (κ3) is 81.6. The molecule has 0 aromatic rings. The Kier molecular flexibility index (Phi) is 77.9. The minimum atomic E-state index is -5.02. The number of aliphatic hydroxyl groups is 1. The molecule has 0 aromatic heterocycles. The molecule has 0 saturated carbocycles. The molecule has 5 unspecified atom stereocenters. The van der Waals surface area contributed by atoms with Gasteiger partial charge in [-0.3, -0.25) is 37.3 Å². The number of aliphatic hydroxyl groups excluding tert-OH is 1. The van der Waals surface area contributed by atoms with Crippen molar-refractivity contribution < 1.29 is 80.2 Å². The summed E-state index contributed by atoms with van der Waals surface area (Å²) in [5, 5.41) is 10.7. The van der Waals surface area contributed by atoms with Gasteiger partial charge in [0, 0.05) is 25.7 Å². The zero-order valence-electron chi connectivity index (χ0n) is 69.3. The van der Waals surface area contributed by atoms with Crippen LogP contribution < -0.4 is 0 Å². The average molecular weight is 1600 g/mol. The maximum Gasteiger partial charge on any atom is 0.472 e. The summed E-state index contributed by atoms with van der Waals surface area (Å²) >= 11 is 0. The van der Waals surface area contributed by atoms with Crippen LogP contribution >= 0.6 is 15.6 Å². The summed E-state index contributed by atoms with van der Waals surface area (Å²) in [6, 6.07) is 0. The van der Waals surface area contributed by atoms with Crippen LogP contribution in [0, 0.1) is 0 Å². The highest BCUT2D eigenvalue weighted by atomic mass is 31.2. The fourth-order valence-electron chi connectivity index (χ4n) is 10.4. The van der Waals surface area contributed by atoms with Gasteiger partial charge in [0.2, 0.25) is 0 Å². The molecule has 0 heterocycles.